The van der Waals surface area contributed by atoms with Gasteiger partial charge in [0.1, 0.15) is 12.4 Å². The zero-order valence-electron chi connectivity index (χ0n) is 8.52. The molecule has 0 radical (unpaired) electrons. The lowest BCUT2D eigenvalue weighted by Gasteiger charge is -2.07. The molecule has 0 aromatic carbocycles. The van der Waals surface area contributed by atoms with Crippen LogP contribution in [0.3, 0.4) is 0 Å². The summed E-state index contributed by atoms with van der Waals surface area (Å²) in [6.07, 6.45) is 3.29. The van der Waals surface area contributed by atoms with Crippen LogP contribution in [0, 0.1) is 0 Å². The van der Waals surface area contributed by atoms with E-state index in [0.29, 0.717) is 19.0 Å². The Balaban J connectivity index is 2.09. The van der Waals surface area contributed by atoms with Gasteiger partial charge in [0.15, 0.2) is 0 Å². The van der Waals surface area contributed by atoms with Crippen molar-refractivity contribution in [3.63, 3.8) is 0 Å². The van der Waals surface area contributed by atoms with Crippen molar-refractivity contribution in [3.05, 3.63) is 46.5 Å². The van der Waals surface area contributed by atoms with Gasteiger partial charge in [-0.15, -0.1) is 0 Å². The average Bonchev–Trinajstić information content (AvgIpc) is 2.80. The standard InChI is InChI=1S/C11H11BrN2O2/c12-9-4-8(5-13)11(14-6-9)16-7-10-2-1-3-15-10/h1-4,6H,5,7,13H2. The molecule has 5 heteroatoms. The minimum absolute atomic E-state index is 0.356. The molecular formula is C11H11BrN2O2. The molecular weight excluding hydrogens is 272 g/mol. The molecule has 2 heterocycles. The Bertz CT molecular complexity index is 457. The fourth-order valence-electron chi connectivity index (χ4n) is 1.28. The maximum absolute atomic E-state index is 5.60. The maximum atomic E-state index is 5.60. The summed E-state index contributed by atoms with van der Waals surface area (Å²) in [5, 5.41) is 0. The molecule has 0 bridgehead atoms. The van der Waals surface area contributed by atoms with Crippen LogP contribution in [0.5, 0.6) is 5.88 Å². The normalized spacial score (nSPS) is 10.4. The van der Waals surface area contributed by atoms with E-state index in [2.05, 4.69) is 20.9 Å². The van der Waals surface area contributed by atoms with E-state index in [0.717, 1.165) is 15.8 Å². The molecule has 2 N–H and O–H groups in total. The highest BCUT2D eigenvalue weighted by Gasteiger charge is 2.06. The van der Waals surface area contributed by atoms with Gasteiger partial charge >= 0.3 is 0 Å². The number of nitrogens with two attached hydrogens (primary N) is 1. The molecule has 0 aliphatic heterocycles. The van der Waals surface area contributed by atoms with Gasteiger partial charge < -0.3 is 14.9 Å². The van der Waals surface area contributed by atoms with Crippen LogP contribution in [-0.4, -0.2) is 4.98 Å². The van der Waals surface area contributed by atoms with E-state index >= 15 is 0 Å². The summed E-state index contributed by atoms with van der Waals surface area (Å²) >= 11 is 3.33. The first kappa shape index (κ1) is 11.2. The molecule has 0 amide bonds. The third kappa shape index (κ3) is 2.62. The Morgan fingerprint density at radius 2 is 2.38 bits per heavy atom. The van der Waals surface area contributed by atoms with Crippen molar-refractivity contribution < 1.29 is 9.15 Å². The van der Waals surface area contributed by atoms with Crippen molar-refractivity contribution in [2.45, 2.75) is 13.2 Å². The maximum Gasteiger partial charge on any atom is 0.218 e. The van der Waals surface area contributed by atoms with Crippen LogP contribution < -0.4 is 10.5 Å². The summed E-state index contributed by atoms with van der Waals surface area (Å²) in [6, 6.07) is 5.56. The molecule has 2 aromatic heterocycles. The summed E-state index contributed by atoms with van der Waals surface area (Å²) in [7, 11) is 0. The fourth-order valence-corrected chi connectivity index (χ4v) is 1.66. The predicted molar refractivity (Wildman–Crippen MR) is 62.9 cm³/mol. The molecule has 0 unspecified atom stereocenters. The summed E-state index contributed by atoms with van der Waals surface area (Å²) in [5.41, 5.74) is 6.47. The zero-order chi connectivity index (χ0) is 11.4. The van der Waals surface area contributed by atoms with E-state index in [4.69, 9.17) is 14.9 Å². The van der Waals surface area contributed by atoms with Gasteiger partial charge in [-0.3, -0.25) is 0 Å². The van der Waals surface area contributed by atoms with E-state index in [-0.39, 0.29) is 0 Å². The number of aromatic nitrogens is 1. The van der Waals surface area contributed by atoms with Crippen LogP contribution in [0.1, 0.15) is 11.3 Å². The first-order chi connectivity index (χ1) is 7.79. The Morgan fingerprint density at radius 3 is 3.06 bits per heavy atom. The molecule has 0 atom stereocenters. The van der Waals surface area contributed by atoms with Gasteiger partial charge in [-0.1, -0.05) is 0 Å². The third-order valence-corrected chi connectivity index (χ3v) is 2.48. The number of pyridine rings is 1. The van der Waals surface area contributed by atoms with Crippen molar-refractivity contribution in [2.75, 3.05) is 0 Å². The fraction of sp³-hybridized carbons (Fsp3) is 0.182. The van der Waals surface area contributed by atoms with Gasteiger partial charge in [0.2, 0.25) is 5.88 Å². The van der Waals surface area contributed by atoms with Gasteiger partial charge in [0.25, 0.3) is 0 Å². The monoisotopic (exact) mass is 282 g/mol. The van der Waals surface area contributed by atoms with Crippen LogP contribution in [-0.2, 0) is 13.2 Å². The Hall–Kier alpha value is -1.33. The van der Waals surface area contributed by atoms with Crippen LogP contribution >= 0.6 is 15.9 Å². The molecule has 0 saturated carbocycles. The lowest BCUT2D eigenvalue weighted by atomic mass is 10.3. The number of furan rings is 1. The highest BCUT2D eigenvalue weighted by Crippen LogP contribution is 2.20. The van der Waals surface area contributed by atoms with Crippen molar-refractivity contribution in [1.29, 1.82) is 0 Å². The average molecular weight is 283 g/mol. The van der Waals surface area contributed by atoms with E-state index in [1.54, 1.807) is 12.5 Å². The van der Waals surface area contributed by atoms with Crippen LogP contribution in [0.25, 0.3) is 0 Å². The topological polar surface area (TPSA) is 61.3 Å². The highest BCUT2D eigenvalue weighted by molar-refractivity contribution is 9.10. The quantitative estimate of drug-likeness (QED) is 0.936. The van der Waals surface area contributed by atoms with Crippen LogP contribution in [0.4, 0.5) is 0 Å². The molecule has 0 spiro atoms. The number of hydrogen-bond donors (Lipinski definition) is 1. The summed E-state index contributed by atoms with van der Waals surface area (Å²) < 4.78 is 11.6. The molecule has 84 valence electrons. The first-order valence-corrected chi connectivity index (χ1v) is 5.58. The second-order valence-electron chi connectivity index (χ2n) is 3.19. The molecule has 2 rings (SSSR count). The first-order valence-electron chi connectivity index (χ1n) is 4.79. The second kappa shape index (κ2) is 5.14. The van der Waals surface area contributed by atoms with Gasteiger partial charge in [0.05, 0.1) is 6.26 Å². The van der Waals surface area contributed by atoms with Crippen molar-refractivity contribution >= 4 is 15.9 Å². The molecule has 0 saturated heterocycles. The van der Waals surface area contributed by atoms with Gasteiger partial charge in [-0.2, -0.15) is 0 Å². The van der Waals surface area contributed by atoms with Gasteiger partial charge in [0, 0.05) is 22.8 Å². The molecule has 16 heavy (non-hydrogen) atoms. The molecule has 0 aliphatic carbocycles. The predicted octanol–water partition coefficient (Wildman–Crippen LogP) is 2.47. The number of rotatable bonds is 4. The summed E-state index contributed by atoms with van der Waals surface area (Å²) in [4.78, 5) is 4.16. The zero-order valence-corrected chi connectivity index (χ0v) is 10.1. The number of halogens is 1. The van der Waals surface area contributed by atoms with Crippen molar-refractivity contribution in [3.8, 4) is 5.88 Å². The van der Waals surface area contributed by atoms with Crippen LogP contribution in [0.15, 0.2) is 39.5 Å². The molecule has 0 aliphatic rings. The molecule has 2 aromatic rings. The minimum atomic E-state index is 0.356. The smallest absolute Gasteiger partial charge is 0.218 e. The largest absolute Gasteiger partial charge is 0.469 e. The summed E-state index contributed by atoms with van der Waals surface area (Å²) in [6.45, 7) is 0.745. The third-order valence-electron chi connectivity index (χ3n) is 2.04. The molecule has 4 nitrogen and oxygen atoms in total. The number of nitrogens with zero attached hydrogens (tertiary/aromatic N) is 1. The highest BCUT2D eigenvalue weighted by atomic mass is 79.9. The van der Waals surface area contributed by atoms with E-state index in [1.165, 1.54) is 0 Å². The Morgan fingerprint density at radius 1 is 1.50 bits per heavy atom. The van der Waals surface area contributed by atoms with E-state index in [9.17, 15) is 0 Å². The van der Waals surface area contributed by atoms with E-state index < -0.39 is 0 Å². The van der Waals surface area contributed by atoms with Gasteiger partial charge in [-0.25, -0.2) is 4.98 Å². The number of hydrogen-bond acceptors (Lipinski definition) is 4. The van der Waals surface area contributed by atoms with Gasteiger partial charge in [-0.05, 0) is 34.1 Å². The van der Waals surface area contributed by atoms with Crippen molar-refractivity contribution in [1.82, 2.24) is 4.98 Å². The number of ether oxygens (including phenoxy) is 1. The van der Waals surface area contributed by atoms with E-state index in [1.807, 2.05) is 18.2 Å². The lowest BCUT2D eigenvalue weighted by Crippen LogP contribution is -2.04. The molecule has 0 fully saturated rings. The van der Waals surface area contributed by atoms with Crippen molar-refractivity contribution in [2.24, 2.45) is 5.73 Å². The Kier molecular flexibility index (Phi) is 3.58. The Labute approximate surface area is 102 Å². The SMILES string of the molecule is NCc1cc(Br)cnc1OCc1ccco1. The lowest BCUT2D eigenvalue weighted by molar-refractivity contribution is 0.258. The summed E-state index contributed by atoms with van der Waals surface area (Å²) in [5.74, 6) is 1.30. The van der Waals surface area contributed by atoms with Crippen LogP contribution in [0.2, 0.25) is 0 Å². The second-order valence-corrected chi connectivity index (χ2v) is 4.11. The minimum Gasteiger partial charge on any atom is -0.469 e.